The average molecular weight is 540 g/mol. The van der Waals surface area contributed by atoms with Crippen LogP contribution in [0, 0.1) is 0 Å². The van der Waals surface area contributed by atoms with Crippen molar-refractivity contribution in [2.24, 2.45) is 0 Å². The van der Waals surface area contributed by atoms with Gasteiger partial charge < -0.3 is 15.1 Å². The normalized spacial score (nSPS) is 14.1. The molecule has 1 aliphatic heterocycles. The fourth-order valence-corrected chi connectivity index (χ4v) is 3.95. The van der Waals surface area contributed by atoms with Crippen LogP contribution < -0.4 is 15.5 Å². The number of hydrogen-bond acceptors (Lipinski definition) is 4. The van der Waals surface area contributed by atoms with E-state index in [1.165, 1.54) is 18.2 Å². The van der Waals surface area contributed by atoms with Gasteiger partial charge in [0, 0.05) is 37.4 Å². The molecule has 1 saturated heterocycles. The van der Waals surface area contributed by atoms with Gasteiger partial charge in [0.25, 0.3) is 5.91 Å². The molecule has 6 nitrogen and oxygen atoms in total. The van der Waals surface area contributed by atoms with Gasteiger partial charge in [0.1, 0.15) is 0 Å². The molecule has 13 heteroatoms. The number of halogens is 6. The van der Waals surface area contributed by atoms with E-state index in [4.69, 9.17) is 47.0 Å². The van der Waals surface area contributed by atoms with Crippen LogP contribution in [-0.2, 0) is 4.79 Å². The summed E-state index contributed by atoms with van der Waals surface area (Å²) in [6, 6.07) is 9.31. The lowest BCUT2D eigenvalue weighted by Gasteiger charge is -2.36. The fourth-order valence-electron chi connectivity index (χ4n) is 3.15. The van der Waals surface area contributed by atoms with Crippen LogP contribution in [0.15, 0.2) is 36.4 Å². The molecule has 1 aliphatic rings. The lowest BCUT2D eigenvalue weighted by molar-refractivity contribution is -0.185. The highest BCUT2D eigenvalue weighted by Crippen LogP contribution is 2.30. The summed E-state index contributed by atoms with van der Waals surface area (Å²) in [5.41, 5.74) is 1.37. The number of amides is 2. The number of nitrogens with one attached hydrogen (secondary N) is 2. The van der Waals surface area contributed by atoms with E-state index in [0.717, 1.165) is 4.90 Å². The van der Waals surface area contributed by atoms with Crippen molar-refractivity contribution in [3.63, 3.8) is 0 Å². The number of carbonyl (C=O) groups is 2. The van der Waals surface area contributed by atoms with Crippen molar-refractivity contribution in [2.45, 2.75) is 6.18 Å². The van der Waals surface area contributed by atoms with Crippen LogP contribution in [0.4, 0.5) is 24.5 Å². The second-order valence-corrected chi connectivity index (χ2v) is 8.61. The van der Waals surface area contributed by atoms with Crippen LogP contribution in [0.5, 0.6) is 0 Å². The highest BCUT2D eigenvalue weighted by Gasteiger charge is 2.43. The number of carbonyl (C=O) groups excluding carboxylic acids is 2. The van der Waals surface area contributed by atoms with E-state index < -0.39 is 18.0 Å². The topological polar surface area (TPSA) is 64.7 Å². The Bertz CT molecular complexity index is 1090. The van der Waals surface area contributed by atoms with Crippen molar-refractivity contribution >= 4 is 75.3 Å². The number of thiocarbonyl (C=S) groups is 1. The van der Waals surface area contributed by atoms with Crippen LogP contribution in [0.25, 0.3) is 0 Å². The number of piperazine rings is 1. The zero-order valence-corrected chi connectivity index (χ0v) is 19.8. The molecule has 2 N–H and O–H groups in total. The summed E-state index contributed by atoms with van der Waals surface area (Å²) in [5, 5.41) is 6.25. The first-order chi connectivity index (χ1) is 15.5. The predicted octanol–water partition coefficient (Wildman–Crippen LogP) is 4.98. The Hall–Kier alpha value is -2.27. The minimum Gasteiger partial charge on any atom is -0.367 e. The molecule has 176 valence electrons. The predicted molar refractivity (Wildman–Crippen MR) is 126 cm³/mol. The van der Waals surface area contributed by atoms with Crippen molar-refractivity contribution in [1.82, 2.24) is 10.2 Å². The summed E-state index contributed by atoms with van der Waals surface area (Å²) in [6.45, 7) is 0.262. The minimum absolute atomic E-state index is 0.0224. The SMILES string of the molecule is O=C(NC(=S)Nc1ccc(N2CCN(C(=O)C(F)(F)F)CC2)c(Cl)c1)c1ccc(Cl)c(Cl)c1. The van der Waals surface area contributed by atoms with E-state index in [2.05, 4.69) is 10.6 Å². The number of nitrogens with zero attached hydrogens (tertiary/aromatic N) is 2. The van der Waals surface area contributed by atoms with Crippen molar-refractivity contribution in [2.75, 3.05) is 36.4 Å². The molecular weight excluding hydrogens is 524 g/mol. The minimum atomic E-state index is -4.89. The Morgan fingerprint density at radius 2 is 1.58 bits per heavy atom. The van der Waals surface area contributed by atoms with Crippen molar-refractivity contribution in [3.8, 4) is 0 Å². The summed E-state index contributed by atoms with van der Waals surface area (Å²) in [5.74, 6) is -2.33. The standard InChI is InChI=1S/C20H16Cl3F3N4O2S/c21-13-3-1-11(9-14(13)22)17(31)28-19(33)27-12-2-4-16(15(23)10-12)29-5-7-30(8-6-29)18(32)20(24,25)26/h1-4,9-10H,5-8H2,(H2,27,28,31,33). The molecule has 2 aromatic rings. The van der Waals surface area contributed by atoms with E-state index in [1.54, 1.807) is 23.1 Å². The highest BCUT2D eigenvalue weighted by atomic mass is 35.5. The summed E-state index contributed by atoms with van der Waals surface area (Å²) in [6.07, 6.45) is -4.89. The van der Waals surface area contributed by atoms with Gasteiger partial charge in [-0.1, -0.05) is 34.8 Å². The van der Waals surface area contributed by atoms with E-state index in [-0.39, 0.29) is 41.9 Å². The summed E-state index contributed by atoms with van der Waals surface area (Å²) in [4.78, 5) is 26.2. The van der Waals surface area contributed by atoms with Crippen LogP contribution in [0.1, 0.15) is 10.4 Å². The summed E-state index contributed by atoms with van der Waals surface area (Å²) < 4.78 is 37.8. The third kappa shape index (κ3) is 6.41. The molecular formula is C20H16Cl3F3N4O2S. The first-order valence-electron chi connectivity index (χ1n) is 9.43. The summed E-state index contributed by atoms with van der Waals surface area (Å²) >= 11 is 23.3. The van der Waals surface area contributed by atoms with Crippen LogP contribution in [0.3, 0.4) is 0 Å². The van der Waals surface area contributed by atoms with Crippen molar-refractivity contribution in [1.29, 1.82) is 0 Å². The fraction of sp³-hybridized carbons (Fsp3) is 0.250. The second-order valence-electron chi connectivity index (χ2n) is 6.98. The van der Waals surface area contributed by atoms with E-state index in [0.29, 0.717) is 21.4 Å². The Morgan fingerprint density at radius 1 is 0.909 bits per heavy atom. The molecule has 0 saturated carbocycles. The second kappa shape index (κ2) is 10.3. The van der Waals surface area contributed by atoms with Crippen LogP contribution in [-0.4, -0.2) is 54.2 Å². The Morgan fingerprint density at radius 3 is 2.15 bits per heavy atom. The van der Waals surface area contributed by atoms with Crippen LogP contribution >= 0.6 is 47.0 Å². The van der Waals surface area contributed by atoms with Gasteiger partial charge in [-0.25, -0.2) is 0 Å². The number of anilines is 2. The van der Waals surface area contributed by atoms with Gasteiger partial charge in [-0.2, -0.15) is 13.2 Å². The van der Waals surface area contributed by atoms with Gasteiger partial charge in [-0.15, -0.1) is 0 Å². The molecule has 2 amide bonds. The monoisotopic (exact) mass is 538 g/mol. The summed E-state index contributed by atoms with van der Waals surface area (Å²) in [7, 11) is 0. The molecule has 33 heavy (non-hydrogen) atoms. The van der Waals surface area contributed by atoms with Crippen molar-refractivity contribution < 1.29 is 22.8 Å². The molecule has 0 atom stereocenters. The molecule has 1 fully saturated rings. The smallest absolute Gasteiger partial charge is 0.367 e. The molecule has 3 rings (SSSR count). The molecule has 2 aromatic carbocycles. The molecule has 0 radical (unpaired) electrons. The zero-order chi connectivity index (χ0) is 24.3. The Labute approximate surface area is 207 Å². The maximum Gasteiger partial charge on any atom is 0.471 e. The molecule has 0 aromatic heterocycles. The number of hydrogen-bond donors (Lipinski definition) is 2. The van der Waals surface area contributed by atoms with Crippen molar-refractivity contribution in [3.05, 3.63) is 57.0 Å². The number of benzene rings is 2. The van der Waals surface area contributed by atoms with Gasteiger partial charge in [-0.05, 0) is 48.6 Å². The van der Waals surface area contributed by atoms with Crippen LogP contribution in [0.2, 0.25) is 15.1 Å². The zero-order valence-electron chi connectivity index (χ0n) is 16.7. The average Bonchev–Trinajstić information content (AvgIpc) is 2.74. The number of rotatable bonds is 3. The lowest BCUT2D eigenvalue weighted by atomic mass is 10.2. The lowest BCUT2D eigenvalue weighted by Crippen LogP contribution is -2.52. The molecule has 0 spiro atoms. The van der Waals surface area contributed by atoms with Gasteiger partial charge in [-0.3, -0.25) is 14.9 Å². The maximum atomic E-state index is 12.6. The number of alkyl halides is 3. The van der Waals surface area contributed by atoms with Gasteiger partial charge >= 0.3 is 12.1 Å². The van der Waals surface area contributed by atoms with Gasteiger partial charge in [0.2, 0.25) is 0 Å². The van der Waals surface area contributed by atoms with Gasteiger partial charge in [0.05, 0.1) is 20.8 Å². The van der Waals surface area contributed by atoms with E-state index in [1.807, 2.05) is 0 Å². The Kier molecular flexibility index (Phi) is 7.94. The molecule has 0 bridgehead atoms. The largest absolute Gasteiger partial charge is 0.471 e. The Balaban J connectivity index is 1.58. The maximum absolute atomic E-state index is 12.6. The molecule has 0 aliphatic carbocycles. The third-order valence-corrected chi connectivity index (χ3v) is 6.01. The molecule has 0 unspecified atom stereocenters. The van der Waals surface area contributed by atoms with E-state index >= 15 is 0 Å². The first kappa shape index (κ1) is 25.4. The van der Waals surface area contributed by atoms with E-state index in [9.17, 15) is 22.8 Å². The highest BCUT2D eigenvalue weighted by molar-refractivity contribution is 7.80. The molecule has 1 heterocycles. The van der Waals surface area contributed by atoms with Gasteiger partial charge in [0.15, 0.2) is 5.11 Å². The quantitative estimate of drug-likeness (QED) is 0.539. The third-order valence-electron chi connectivity index (χ3n) is 4.76. The first-order valence-corrected chi connectivity index (χ1v) is 11.0.